The number of carboxylic acids is 1. The maximum absolute atomic E-state index is 13.1. The van der Waals surface area contributed by atoms with E-state index >= 15 is 0 Å². The maximum atomic E-state index is 13.1. The summed E-state index contributed by atoms with van der Waals surface area (Å²) < 4.78 is 0. The number of aliphatic carboxylic acids is 1. The minimum Gasteiger partial charge on any atom is -0.480 e. The summed E-state index contributed by atoms with van der Waals surface area (Å²) in [5, 5.41) is 27.0. The van der Waals surface area contributed by atoms with E-state index in [0.29, 0.717) is 18.5 Å². The van der Waals surface area contributed by atoms with Crippen LogP contribution >= 0.6 is 0 Å². The number of aliphatic hydroxyl groups is 1. The third kappa shape index (κ3) is 10.8. The summed E-state index contributed by atoms with van der Waals surface area (Å²) in [6.07, 6.45) is 2.59. The molecule has 0 aliphatic heterocycles. The Balaban J connectivity index is 2.99. The molecule has 0 bridgehead atoms. The zero-order chi connectivity index (χ0) is 28.1. The van der Waals surface area contributed by atoms with E-state index in [1.54, 1.807) is 13.8 Å². The fourth-order valence-corrected chi connectivity index (χ4v) is 3.36. The van der Waals surface area contributed by atoms with Crippen molar-refractivity contribution in [1.29, 1.82) is 0 Å². The largest absolute Gasteiger partial charge is 0.480 e. The number of guanidine groups is 1. The Labute approximate surface area is 215 Å². The predicted molar refractivity (Wildman–Crippen MR) is 135 cm³/mol. The van der Waals surface area contributed by atoms with E-state index in [-0.39, 0.29) is 25.3 Å². The number of rotatable bonds is 16. The van der Waals surface area contributed by atoms with Gasteiger partial charge >= 0.3 is 5.97 Å². The average molecular weight is 526 g/mol. The number of aliphatic imine (C=N–C) groups is 1. The second kappa shape index (κ2) is 15.4. The molecule has 1 rings (SSSR count). The van der Waals surface area contributed by atoms with Crippen molar-refractivity contribution < 1.29 is 29.4 Å². The first-order valence-electron chi connectivity index (χ1n) is 12.0. The molecule has 6 atom stereocenters. The Morgan fingerprint density at radius 1 is 1.08 bits per heavy atom. The van der Waals surface area contributed by atoms with Gasteiger partial charge in [-0.1, -0.05) is 20.3 Å². The number of aliphatic hydroxyl groups excluding tert-OH is 1. The Kier molecular flexibility index (Phi) is 13.0. The number of carbonyl (C=O) groups excluding carboxylic acids is 3. The monoisotopic (exact) mass is 525 g/mol. The molecule has 0 radical (unpaired) electrons. The minimum atomic E-state index is -1.48. The highest BCUT2D eigenvalue weighted by Crippen LogP contribution is 2.09. The summed E-state index contributed by atoms with van der Waals surface area (Å²) in [7, 11) is 0. The Morgan fingerprint density at radius 2 is 1.73 bits per heavy atom. The van der Waals surface area contributed by atoms with Gasteiger partial charge in [-0.05, 0) is 25.7 Å². The molecular weight excluding hydrogens is 486 g/mol. The summed E-state index contributed by atoms with van der Waals surface area (Å²) in [5.41, 5.74) is 17.2. The Hall–Kier alpha value is -3.72. The summed E-state index contributed by atoms with van der Waals surface area (Å²) in [4.78, 5) is 60.7. The number of carboxylic acid groups (broad SMARTS) is 1. The number of carbonyl (C=O) groups is 4. The molecule has 1 heterocycles. The van der Waals surface area contributed by atoms with Crippen LogP contribution in [0.15, 0.2) is 17.5 Å². The second-order valence-corrected chi connectivity index (χ2v) is 8.83. The van der Waals surface area contributed by atoms with Crippen LogP contribution in [0.5, 0.6) is 0 Å². The van der Waals surface area contributed by atoms with E-state index in [4.69, 9.17) is 17.2 Å². The smallest absolute Gasteiger partial charge is 0.326 e. The maximum Gasteiger partial charge on any atom is 0.326 e. The first-order valence-corrected chi connectivity index (χ1v) is 12.0. The van der Waals surface area contributed by atoms with Crippen LogP contribution in [-0.4, -0.2) is 86.6 Å². The number of aromatic nitrogens is 2. The standard InChI is InChI=1S/C22H39N9O6/c1-4-11(2)16(21(36)37)30-20(35)17(12(3)32)31-19(34)15(6-5-7-27-22(24)25)29-18(33)14(23)8-13-9-26-10-28-13/h9-12,14-17,32H,4-8,23H2,1-3H3,(H,26,28)(H,29,33)(H,30,35)(H,31,34)(H,36,37)(H4,24,25,27). The van der Waals surface area contributed by atoms with Gasteiger partial charge in [-0.15, -0.1) is 0 Å². The number of nitrogens with zero attached hydrogens (tertiary/aromatic N) is 2. The van der Waals surface area contributed by atoms with Crippen LogP contribution in [0, 0.1) is 5.92 Å². The van der Waals surface area contributed by atoms with E-state index in [2.05, 4.69) is 30.9 Å². The SMILES string of the molecule is CCC(C)C(NC(=O)C(NC(=O)C(CCCN=C(N)N)NC(=O)C(N)Cc1cnc[nH]1)C(C)O)C(=O)O. The fourth-order valence-electron chi connectivity index (χ4n) is 3.36. The molecule has 0 fully saturated rings. The molecule has 0 aliphatic carbocycles. The van der Waals surface area contributed by atoms with E-state index in [0.717, 1.165) is 0 Å². The lowest BCUT2D eigenvalue weighted by molar-refractivity contribution is -0.144. The lowest BCUT2D eigenvalue weighted by atomic mass is 9.98. The molecule has 0 saturated heterocycles. The van der Waals surface area contributed by atoms with Gasteiger partial charge in [0, 0.05) is 24.9 Å². The van der Waals surface area contributed by atoms with Crippen LogP contribution < -0.4 is 33.2 Å². The van der Waals surface area contributed by atoms with Gasteiger partial charge in [0.15, 0.2) is 5.96 Å². The highest BCUT2D eigenvalue weighted by molar-refractivity contribution is 5.94. The number of hydrogen-bond donors (Lipinski definition) is 9. The number of imidazole rings is 1. The molecule has 6 unspecified atom stereocenters. The van der Waals surface area contributed by atoms with Gasteiger partial charge in [-0.25, -0.2) is 9.78 Å². The molecule has 15 heteroatoms. The number of hydrogen-bond acceptors (Lipinski definition) is 8. The van der Waals surface area contributed by atoms with E-state index in [1.165, 1.54) is 19.4 Å². The molecule has 0 aromatic carbocycles. The van der Waals surface area contributed by atoms with Gasteiger partial charge in [-0.2, -0.15) is 0 Å². The number of nitrogens with two attached hydrogens (primary N) is 3. The van der Waals surface area contributed by atoms with Gasteiger partial charge in [0.05, 0.1) is 18.5 Å². The molecule has 1 aromatic heterocycles. The molecule has 37 heavy (non-hydrogen) atoms. The molecule has 1 aromatic rings. The van der Waals surface area contributed by atoms with Gasteiger partial charge in [0.2, 0.25) is 17.7 Å². The Morgan fingerprint density at radius 3 is 2.24 bits per heavy atom. The molecule has 208 valence electrons. The van der Waals surface area contributed by atoms with Crippen LogP contribution in [0.4, 0.5) is 0 Å². The molecule has 12 N–H and O–H groups in total. The third-order valence-corrected chi connectivity index (χ3v) is 5.75. The molecule has 0 spiro atoms. The molecule has 0 saturated carbocycles. The third-order valence-electron chi connectivity index (χ3n) is 5.75. The minimum absolute atomic E-state index is 0.0872. The summed E-state index contributed by atoms with van der Waals surface area (Å²) in [6.45, 7) is 4.88. The van der Waals surface area contributed by atoms with Gasteiger partial charge in [0.1, 0.15) is 18.1 Å². The van der Waals surface area contributed by atoms with Crippen molar-refractivity contribution in [2.75, 3.05) is 6.54 Å². The number of aromatic amines is 1. The first-order chi connectivity index (χ1) is 17.4. The number of H-pyrrole nitrogens is 1. The van der Waals surface area contributed by atoms with E-state index < -0.39 is 59.9 Å². The molecular formula is C22H39N9O6. The van der Waals surface area contributed by atoms with Crippen molar-refractivity contribution in [3.8, 4) is 0 Å². The van der Waals surface area contributed by atoms with Crippen LogP contribution in [0.1, 0.15) is 45.7 Å². The summed E-state index contributed by atoms with van der Waals surface area (Å²) >= 11 is 0. The van der Waals surface area contributed by atoms with Gasteiger partial charge in [-0.3, -0.25) is 19.4 Å². The van der Waals surface area contributed by atoms with Crippen LogP contribution in [-0.2, 0) is 25.6 Å². The second-order valence-electron chi connectivity index (χ2n) is 8.83. The molecule has 15 nitrogen and oxygen atoms in total. The van der Waals surface area contributed by atoms with Crippen molar-refractivity contribution in [2.45, 2.75) is 76.7 Å². The fraction of sp³-hybridized carbons (Fsp3) is 0.636. The average Bonchev–Trinajstić information content (AvgIpc) is 3.34. The van der Waals surface area contributed by atoms with E-state index in [9.17, 15) is 29.4 Å². The first kappa shape index (κ1) is 31.3. The van der Waals surface area contributed by atoms with Crippen LogP contribution in [0.25, 0.3) is 0 Å². The zero-order valence-corrected chi connectivity index (χ0v) is 21.3. The van der Waals surface area contributed by atoms with E-state index in [1.807, 2.05) is 0 Å². The quantitative estimate of drug-likeness (QED) is 0.0612. The van der Waals surface area contributed by atoms with Crippen LogP contribution in [0.3, 0.4) is 0 Å². The Bertz CT molecular complexity index is 918. The van der Waals surface area contributed by atoms with Gasteiger partial charge < -0.3 is 48.3 Å². The normalized spacial score (nSPS) is 15.8. The zero-order valence-electron chi connectivity index (χ0n) is 21.3. The van der Waals surface area contributed by atoms with Crippen molar-refractivity contribution in [3.05, 3.63) is 18.2 Å². The van der Waals surface area contributed by atoms with Gasteiger partial charge in [0.25, 0.3) is 0 Å². The molecule has 3 amide bonds. The van der Waals surface area contributed by atoms with Crippen molar-refractivity contribution in [1.82, 2.24) is 25.9 Å². The highest BCUT2D eigenvalue weighted by atomic mass is 16.4. The lowest BCUT2D eigenvalue weighted by Gasteiger charge is -2.27. The van der Waals surface area contributed by atoms with Crippen LogP contribution in [0.2, 0.25) is 0 Å². The predicted octanol–water partition coefficient (Wildman–Crippen LogP) is -2.70. The lowest BCUT2D eigenvalue weighted by Crippen LogP contribution is -2.60. The van der Waals surface area contributed by atoms with Crippen molar-refractivity contribution in [3.63, 3.8) is 0 Å². The summed E-state index contributed by atoms with van der Waals surface area (Å²) in [5.74, 6) is -4.05. The highest BCUT2D eigenvalue weighted by Gasteiger charge is 2.34. The van der Waals surface area contributed by atoms with Crippen molar-refractivity contribution in [2.24, 2.45) is 28.1 Å². The topological polar surface area (TPSA) is 264 Å². The summed E-state index contributed by atoms with van der Waals surface area (Å²) in [6, 6.07) is -4.84. The number of nitrogens with one attached hydrogen (secondary N) is 4. The molecule has 0 aliphatic rings. The van der Waals surface area contributed by atoms with Crippen molar-refractivity contribution >= 4 is 29.7 Å². The number of amides is 3.